The van der Waals surface area contributed by atoms with Crippen molar-refractivity contribution in [2.75, 3.05) is 5.32 Å². The molecule has 1 N–H and O–H groups in total. The zero-order valence-corrected chi connectivity index (χ0v) is 10.8. The van der Waals surface area contributed by atoms with E-state index < -0.39 is 0 Å². The normalized spacial score (nSPS) is 12.3. The first-order valence-corrected chi connectivity index (χ1v) is 5.60. The number of rotatable bonds is 3. The van der Waals surface area contributed by atoms with Crippen LogP contribution < -0.4 is 5.32 Å². The molecule has 0 saturated heterocycles. The molecule has 0 fully saturated rings. The predicted octanol–water partition coefficient (Wildman–Crippen LogP) is 3.00. The van der Waals surface area contributed by atoms with Gasteiger partial charge in [-0.05, 0) is 13.8 Å². The van der Waals surface area contributed by atoms with Crippen molar-refractivity contribution >= 4 is 17.4 Å². The molecule has 4 heteroatoms. The first kappa shape index (κ1) is 12.8. The van der Waals surface area contributed by atoms with Crippen LogP contribution in [0.15, 0.2) is 0 Å². The highest BCUT2D eigenvalue weighted by Gasteiger charge is 2.12. The largest absolute Gasteiger partial charge is 0.356 e. The van der Waals surface area contributed by atoms with Gasteiger partial charge in [0.2, 0.25) is 0 Å². The number of aromatic nitrogens is 2. The monoisotopic (exact) mass is 237 g/mol. The Balaban J connectivity index is 3.12. The number of nitrogens with one attached hydrogen (secondary N) is 1. The highest BCUT2D eigenvalue weighted by Crippen LogP contribution is 2.23. The molecule has 0 amide bonds. The maximum absolute atomic E-state index is 6.05. The van der Waals surface area contributed by atoms with Crippen LogP contribution in [-0.2, 0) is 0 Å². The smallest absolute Gasteiger partial charge is 0.137 e. The average Bonchev–Trinajstić information content (AvgIpc) is 2.23. The van der Waals surface area contributed by atoms with Crippen molar-refractivity contribution in [3.05, 3.63) is 16.5 Å². The molecule has 1 heterocycles. The van der Waals surface area contributed by atoms with Gasteiger partial charge in [0.1, 0.15) is 16.8 Å². The van der Waals surface area contributed by atoms with E-state index >= 15 is 0 Å². The van der Waals surface area contributed by atoms with Crippen LogP contribution in [0.2, 0.25) is 5.15 Å². The van der Waals surface area contributed by atoms with Gasteiger partial charge in [0.25, 0.3) is 0 Å². The first-order valence-electron chi connectivity index (χ1n) is 5.22. The SMILES string of the molecule is C#CC(C)Nc1nc(C(C)C)nc(Cl)c1C. The number of hydrogen-bond donors (Lipinski definition) is 1. The Hall–Kier alpha value is -1.27. The maximum Gasteiger partial charge on any atom is 0.137 e. The second-order valence-electron chi connectivity index (χ2n) is 4.03. The van der Waals surface area contributed by atoms with Crippen molar-refractivity contribution in [2.45, 2.75) is 39.7 Å². The third-order valence-electron chi connectivity index (χ3n) is 2.22. The van der Waals surface area contributed by atoms with Crippen molar-refractivity contribution in [3.8, 4) is 12.3 Å². The minimum absolute atomic E-state index is 0.0790. The molecular weight excluding hydrogens is 222 g/mol. The minimum Gasteiger partial charge on any atom is -0.356 e. The minimum atomic E-state index is -0.0790. The first-order chi connectivity index (χ1) is 7.45. The van der Waals surface area contributed by atoms with Gasteiger partial charge in [-0.1, -0.05) is 31.4 Å². The number of terminal acetylenes is 1. The van der Waals surface area contributed by atoms with Gasteiger partial charge in [0.05, 0.1) is 6.04 Å². The summed E-state index contributed by atoms with van der Waals surface area (Å²) in [5.41, 5.74) is 0.827. The van der Waals surface area contributed by atoms with E-state index in [1.54, 1.807) is 0 Å². The number of halogens is 1. The fourth-order valence-corrected chi connectivity index (χ4v) is 1.33. The molecule has 0 bridgehead atoms. The summed E-state index contributed by atoms with van der Waals surface area (Å²) in [5, 5.41) is 3.60. The van der Waals surface area contributed by atoms with Gasteiger partial charge in [-0.25, -0.2) is 9.97 Å². The predicted molar refractivity (Wildman–Crippen MR) is 67.8 cm³/mol. The van der Waals surface area contributed by atoms with Crippen LogP contribution in [-0.4, -0.2) is 16.0 Å². The van der Waals surface area contributed by atoms with Crippen LogP contribution in [0.5, 0.6) is 0 Å². The molecule has 1 aromatic rings. The summed E-state index contributed by atoms with van der Waals surface area (Å²) in [5.74, 6) is 4.27. The molecular formula is C12H16ClN3. The van der Waals surface area contributed by atoms with Crippen LogP contribution in [0.4, 0.5) is 5.82 Å². The molecule has 0 aliphatic rings. The van der Waals surface area contributed by atoms with E-state index in [1.807, 2.05) is 27.7 Å². The standard InChI is InChI=1S/C12H16ClN3/c1-6-8(4)14-12-9(5)10(13)15-11(16-12)7(2)3/h1,7-8H,2-5H3,(H,14,15,16). The lowest BCUT2D eigenvalue weighted by Crippen LogP contribution is -2.16. The van der Waals surface area contributed by atoms with Crippen molar-refractivity contribution < 1.29 is 0 Å². The highest BCUT2D eigenvalue weighted by molar-refractivity contribution is 6.30. The lowest BCUT2D eigenvalue weighted by Gasteiger charge is -2.14. The van der Waals surface area contributed by atoms with Crippen molar-refractivity contribution in [1.29, 1.82) is 0 Å². The second kappa shape index (κ2) is 5.18. The summed E-state index contributed by atoms with van der Waals surface area (Å²) in [6.07, 6.45) is 5.32. The summed E-state index contributed by atoms with van der Waals surface area (Å²) in [6, 6.07) is -0.0790. The average molecular weight is 238 g/mol. The molecule has 1 aromatic heterocycles. The summed E-state index contributed by atoms with van der Waals surface area (Å²) < 4.78 is 0. The molecule has 0 aliphatic heterocycles. The van der Waals surface area contributed by atoms with E-state index in [4.69, 9.17) is 18.0 Å². The summed E-state index contributed by atoms with van der Waals surface area (Å²) in [6.45, 7) is 7.81. The third-order valence-corrected chi connectivity index (χ3v) is 2.59. The summed E-state index contributed by atoms with van der Waals surface area (Å²) >= 11 is 6.05. The van der Waals surface area contributed by atoms with Crippen LogP contribution in [0.3, 0.4) is 0 Å². The van der Waals surface area contributed by atoms with Gasteiger partial charge in [0, 0.05) is 11.5 Å². The quantitative estimate of drug-likeness (QED) is 0.649. The van der Waals surface area contributed by atoms with Gasteiger partial charge in [0.15, 0.2) is 0 Å². The Morgan fingerprint density at radius 3 is 2.44 bits per heavy atom. The molecule has 0 spiro atoms. The van der Waals surface area contributed by atoms with Crippen LogP contribution >= 0.6 is 11.6 Å². The number of anilines is 1. The molecule has 0 saturated carbocycles. The fourth-order valence-electron chi connectivity index (χ4n) is 1.15. The van der Waals surface area contributed by atoms with E-state index in [-0.39, 0.29) is 12.0 Å². The molecule has 1 atom stereocenters. The van der Waals surface area contributed by atoms with E-state index in [9.17, 15) is 0 Å². The maximum atomic E-state index is 6.05. The summed E-state index contributed by atoms with van der Waals surface area (Å²) in [4.78, 5) is 8.65. The topological polar surface area (TPSA) is 37.8 Å². The molecule has 0 radical (unpaired) electrons. The van der Waals surface area contributed by atoms with Crippen molar-refractivity contribution in [1.82, 2.24) is 9.97 Å². The Morgan fingerprint density at radius 2 is 1.94 bits per heavy atom. The molecule has 1 unspecified atom stereocenters. The van der Waals surface area contributed by atoms with Gasteiger partial charge >= 0.3 is 0 Å². The number of nitrogens with zero attached hydrogens (tertiary/aromatic N) is 2. The van der Waals surface area contributed by atoms with E-state index in [2.05, 4.69) is 21.2 Å². The van der Waals surface area contributed by atoms with Crippen LogP contribution in [0.1, 0.15) is 38.1 Å². The van der Waals surface area contributed by atoms with Crippen molar-refractivity contribution in [3.63, 3.8) is 0 Å². The fraction of sp³-hybridized carbons (Fsp3) is 0.500. The van der Waals surface area contributed by atoms with Gasteiger partial charge in [-0.3, -0.25) is 0 Å². The number of hydrogen-bond acceptors (Lipinski definition) is 3. The second-order valence-corrected chi connectivity index (χ2v) is 4.39. The Bertz CT molecular complexity index is 421. The molecule has 0 aromatic carbocycles. The van der Waals surface area contributed by atoms with Crippen molar-refractivity contribution in [2.24, 2.45) is 0 Å². The van der Waals surface area contributed by atoms with Gasteiger partial charge in [-0.15, -0.1) is 6.42 Å². The molecule has 3 nitrogen and oxygen atoms in total. The van der Waals surface area contributed by atoms with Gasteiger partial charge < -0.3 is 5.32 Å². The van der Waals surface area contributed by atoms with Crippen LogP contribution in [0.25, 0.3) is 0 Å². The Kier molecular flexibility index (Phi) is 4.14. The van der Waals surface area contributed by atoms with Gasteiger partial charge in [-0.2, -0.15) is 0 Å². The zero-order chi connectivity index (χ0) is 12.3. The van der Waals surface area contributed by atoms with E-state index in [1.165, 1.54) is 0 Å². The molecule has 0 aliphatic carbocycles. The Morgan fingerprint density at radius 1 is 1.31 bits per heavy atom. The lowest BCUT2D eigenvalue weighted by atomic mass is 10.2. The summed E-state index contributed by atoms with van der Waals surface area (Å²) in [7, 11) is 0. The molecule has 16 heavy (non-hydrogen) atoms. The zero-order valence-electron chi connectivity index (χ0n) is 10.0. The van der Waals surface area contributed by atoms with E-state index in [0.717, 1.165) is 11.4 Å². The van der Waals surface area contributed by atoms with Crippen LogP contribution in [0, 0.1) is 19.3 Å². The lowest BCUT2D eigenvalue weighted by molar-refractivity contribution is 0.770. The highest BCUT2D eigenvalue weighted by atomic mass is 35.5. The Labute approximate surface area is 102 Å². The van der Waals surface area contributed by atoms with E-state index in [0.29, 0.717) is 11.0 Å². The molecule has 86 valence electrons. The third kappa shape index (κ3) is 2.86. The molecule has 1 rings (SSSR count).